The quantitative estimate of drug-likeness (QED) is 0.776. The van der Waals surface area contributed by atoms with Crippen molar-refractivity contribution < 1.29 is 14.3 Å². The summed E-state index contributed by atoms with van der Waals surface area (Å²) < 4.78 is 11.0. The number of likely N-dealkylation sites (tertiary alicyclic amines) is 1. The van der Waals surface area contributed by atoms with Crippen molar-refractivity contribution in [2.45, 2.75) is 32.8 Å². The zero-order valence-electron chi connectivity index (χ0n) is 13.0. The van der Waals surface area contributed by atoms with Crippen LogP contribution in [0.3, 0.4) is 0 Å². The van der Waals surface area contributed by atoms with E-state index in [2.05, 4.69) is 4.98 Å². The van der Waals surface area contributed by atoms with Crippen LogP contribution in [0.1, 0.15) is 26.7 Å². The van der Waals surface area contributed by atoms with E-state index >= 15 is 0 Å². The highest BCUT2D eigenvalue weighted by Crippen LogP contribution is 2.19. The van der Waals surface area contributed by atoms with Crippen LogP contribution in [0.4, 0.5) is 4.79 Å². The fourth-order valence-electron chi connectivity index (χ4n) is 2.31. The third-order valence-corrected chi connectivity index (χ3v) is 3.58. The summed E-state index contributed by atoms with van der Waals surface area (Å²) in [6.07, 6.45) is 3.39. The summed E-state index contributed by atoms with van der Waals surface area (Å²) in [5.74, 6) is 1.29. The van der Waals surface area contributed by atoms with Gasteiger partial charge in [0.1, 0.15) is 5.75 Å². The summed E-state index contributed by atoms with van der Waals surface area (Å²) in [5.41, 5.74) is 0.985. The second-order valence-electron chi connectivity index (χ2n) is 5.81. The highest BCUT2D eigenvalue weighted by Gasteiger charge is 2.24. The molecule has 1 aromatic rings. The van der Waals surface area contributed by atoms with Gasteiger partial charge >= 0.3 is 6.09 Å². The molecule has 5 nitrogen and oxygen atoms in total. The van der Waals surface area contributed by atoms with Crippen molar-refractivity contribution in [1.29, 1.82) is 0 Å². The van der Waals surface area contributed by atoms with E-state index in [1.807, 2.05) is 33.8 Å². The van der Waals surface area contributed by atoms with Crippen molar-refractivity contribution in [2.24, 2.45) is 5.92 Å². The highest BCUT2D eigenvalue weighted by atomic mass is 16.6. The van der Waals surface area contributed by atoms with Gasteiger partial charge in [0, 0.05) is 13.1 Å². The number of carbonyl (C=O) groups is 1. The number of amides is 1. The van der Waals surface area contributed by atoms with Gasteiger partial charge in [-0.1, -0.05) is 0 Å². The van der Waals surface area contributed by atoms with E-state index in [0.717, 1.165) is 37.3 Å². The van der Waals surface area contributed by atoms with E-state index in [4.69, 9.17) is 9.47 Å². The lowest BCUT2D eigenvalue weighted by molar-refractivity contribution is 0.0608. The van der Waals surface area contributed by atoms with Crippen LogP contribution in [0.5, 0.6) is 5.75 Å². The normalized spacial score (nSPS) is 16.0. The van der Waals surface area contributed by atoms with E-state index in [9.17, 15) is 4.79 Å². The molecule has 0 aliphatic carbocycles. The molecule has 2 heterocycles. The molecule has 0 spiro atoms. The van der Waals surface area contributed by atoms with Gasteiger partial charge in [-0.25, -0.2) is 4.79 Å². The molecule has 1 aliphatic heterocycles. The van der Waals surface area contributed by atoms with E-state index in [1.54, 1.807) is 11.1 Å². The van der Waals surface area contributed by atoms with Gasteiger partial charge < -0.3 is 14.4 Å². The first-order chi connectivity index (χ1) is 10.0. The Labute approximate surface area is 127 Å². The minimum atomic E-state index is -0.202. The predicted octanol–water partition coefficient (Wildman–Crippen LogP) is 0.976. The zero-order valence-corrected chi connectivity index (χ0v) is 13.0. The Morgan fingerprint density at radius 1 is 1.43 bits per heavy atom. The van der Waals surface area contributed by atoms with Crippen LogP contribution in [-0.2, 0) is 4.74 Å². The number of piperidine rings is 1. The first-order valence-corrected chi connectivity index (χ1v) is 7.55. The molecule has 114 valence electrons. The number of rotatable bonds is 4. The van der Waals surface area contributed by atoms with Crippen molar-refractivity contribution in [3.8, 4) is 5.75 Å². The molecule has 0 aromatic carbocycles. The highest BCUT2D eigenvalue weighted by molar-refractivity contribution is 6.30. The lowest BCUT2D eigenvalue weighted by Crippen LogP contribution is -2.40. The third-order valence-electron chi connectivity index (χ3n) is 3.58. The molecule has 0 radical (unpaired) electrons. The zero-order chi connectivity index (χ0) is 15.2. The Bertz CT molecular complexity index is 456. The number of nitrogens with zero attached hydrogens (tertiary/aromatic N) is 2. The Balaban J connectivity index is 1.71. The first-order valence-electron chi connectivity index (χ1n) is 7.55. The maximum Gasteiger partial charge on any atom is 0.410 e. The van der Waals surface area contributed by atoms with Crippen molar-refractivity contribution in [3.63, 3.8) is 0 Å². The predicted molar refractivity (Wildman–Crippen MR) is 83.8 cm³/mol. The molecule has 1 amide bonds. The Morgan fingerprint density at radius 2 is 2.14 bits per heavy atom. The van der Waals surface area contributed by atoms with Gasteiger partial charge in [0.25, 0.3) is 0 Å². The van der Waals surface area contributed by atoms with Crippen molar-refractivity contribution >= 4 is 19.5 Å². The second-order valence-corrected chi connectivity index (χ2v) is 5.81. The number of hydrogen-bond donors (Lipinski definition) is 0. The molecule has 0 atom stereocenters. The third kappa shape index (κ3) is 4.95. The van der Waals surface area contributed by atoms with Gasteiger partial charge in [-0.2, -0.15) is 0 Å². The summed E-state index contributed by atoms with van der Waals surface area (Å²) >= 11 is 0. The van der Waals surface area contributed by atoms with Gasteiger partial charge in [0.05, 0.1) is 18.9 Å². The molecule has 21 heavy (non-hydrogen) atoms. The average molecular weight is 290 g/mol. The van der Waals surface area contributed by atoms with Crippen molar-refractivity contribution in [3.05, 3.63) is 18.3 Å². The molecule has 1 saturated heterocycles. The molecule has 2 rings (SSSR count). The lowest BCUT2D eigenvalue weighted by Gasteiger charge is -2.31. The first kappa shape index (κ1) is 15.7. The molecule has 1 aliphatic rings. The van der Waals surface area contributed by atoms with Crippen molar-refractivity contribution in [2.75, 3.05) is 19.7 Å². The summed E-state index contributed by atoms with van der Waals surface area (Å²) in [5, 5.41) is 0. The molecule has 0 bridgehead atoms. The number of aromatic nitrogens is 1. The fourth-order valence-corrected chi connectivity index (χ4v) is 2.31. The summed E-state index contributed by atoms with van der Waals surface area (Å²) in [6, 6.07) is 3.89. The molecule has 6 heteroatoms. The number of carbonyl (C=O) groups excluding carboxylic acids is 1. The van der Waals surface area contributed by atoms with Crippen molar-refractivity contribution in [1.82, 2.24) is 9.88 Å². The summed E-state index contributed by atoms with van der Waals surface area (Å²) in [7, 11) is 1.95. The van der Waals surface area contributed by atoms with E-state index in [-0.39, 0.29) is 12.2 Å². The van der Waals surface area contributed by atoms with Crippen LogP contribution in [-0.4, -0.2) is 49.6 Å². The van der Waals surface area contributed by atoms with E-state index in [1.165, 1.54) is 0 Å². The lowest BCUT2D eigenvalue weighted by atomic mass is 9.98. The van der Waals surface area contributed by atoms with E-state index < -0.39 is 0 Å². The van der Waals surface area contributed by atoms with Gasteiger partial charge in [0.2, 0.25) is 0 Å². The van der Waals surface area contributed by atoms with Crippen LogP contribution in [0, 0.1) is 5.92 Å². The topological polar surface area (TPSA) is 51.7 Å². The van der Waals surface area contributed by atoms with Gasteiger partial charge in [-0.3, -0.25) is 4.98 Å². The van der Waals surface area contributed by atoms with E-state index in [0.29, 0.717) is 12.5 Å². The maximum atomic E-state index is 11.8. The Morgan fingerprint density at radius 3 is 2.71 bits per heavy atom. The summed E-state index contributed by atoms with van der Waals surface area (Å²) in [6.45, 7) is 5.90. The maximum absolute atomic E-state index is 11.8. The molecule has 0 saturated carbocycles. The van der Waals surface area contributed by atoms with Crippen LogP contribution in [0.2, 0.25) is 0 Å². The smallest absolute Gasteiger partial charge is 0.410 e. The van der Waals surface area contributed by atoms with Gasteiger partial charge in [0.15, 0.2) is 7.85 Å². The molecule has 0 unspecified atom stereocenters. The molecule has 0 N–H and O–H groups in total. The van der Waals surface area contributed by atoms with Gasteiger partial charge in [-0.05, 0) is 50.3 Å². The number of hydrogen-bond acceptors (Lipinski definition) is 4. The SMILES string of the molecule is Bc1ccc(OCC2CCN(C(=O)OC(C)C)CC2)cn1. The molecular weight excluding hydrogens is 267 g/mol. The minimum absolute atomic E-state index is 0.0624. The molecule has 1 fully saturated rings. The molecular formula is C15H23BN2O3. The fraction of sp³-hybridized carbons (Fsp3) is 0.600. The Kier molecular flexibility index (Phi) is 5.48. The standard InChI is InChI=1S/C15H23BN2O3/c1-11(2)21-15(19)18-7-5-12(6-8-18)10-20-13-3-4-14(16)17-9-13/h3-4,9,11-12H,5-8,10,16H2,1-2H3. The average Bonchev–Trinajstić information content (AvgIpc) is 2.46. The second kappa shape index (κ2) is 7.34. The van der Waals surface area contributed by atoms with Crippen LogP contribution >= 0.6 is 0 Å². The van der Waals surface area contributed by atoms with Gasteiger partial charge in [-0.15, -0.1) is 0 Å². The minimum Gasteiger partial charge on any atom is -0.492 e. The Hall–Kier alpha value is -1.72. The number of ether oxygens (including phenoxy) is 2. The van der Waals surface area contributed by atoms with Crippen LogP contribution < -0.4 is 10.3 Å². The van der Waals surface area contributed by atoms with Crippen LogP contribution in [0.25, 0.3) is 0 Å². The molecule has 1 aromatic heterocycles. The largest absolute Gasteiger partial charge is 0.492 e. The van der Waals surface area contributed by atoms with Crippen LogP contribution in [0.15, 0.2) is 18.3 Å². The summed E-state index contributed by atoms with van der Waals surface area (Å²) in [4.78, 5) is 17.8. The number of pyridine rings is 1. The monoisotopic (exact) mass is 290 g/mol.